The third kappa shape index (κ3) is 6.16. The van der Waals surface area contributed by atoms with Crippen molar-refractivity contribution in [3.05, 3.63) is 76.6 Å². The third-order valence-corrected chi connectivity index (χ3v) is 5.24. The van der Waals surface area contributed by atoms with Crippen LogP contribution in [0.5, 0.6) is 0 Å². The van der Waals surface area contributed by atoms with Crippen LogP contribution in [-0.4, -0.2) is 49.5 Å². The summed E-state index contributed by atoms with van der Waals surface area (Å²) in [6, 6.07) is 15.8. The quantitative estimate of drug-likeness (QED) is 0.335. The van der Waals surface area contributed by atoms with E-state index in [-0.39, 0.29) is 12.1 Å². The lowest BCUT2D eigenvalue weighted by molar-refractivity contribution is -0.147. The summed E-state index contributed by atoms with van der Waals surface area (Å²) in [4.78, 5) is 23.7. The number of halogens is 1. The number of aliphatic hydroxyl groups excluding tert-OH is 2. The predicted molar refractivity (Wildman–Crippen MR) is 119 cm³/mol. The van der Waals surface area contributed by atoms with Gasteiger partial charge >= 0.3 is 5.97 Å². The van der Waals surface area contributed by atoms with Crippen LogP contribution < -0.4 is 5.32 Å². The second-order valence-electron chi connectivity index (χ2n) is 7.56. The van der Waals surface area contributed by atoms with Gasteiger partial charge in [0.15, 0.2) is 6.10 Å². The number of aromatic nitrogens is 2. The van der Waals surface area contributed by atoms with Crippen LogP contribution in [0.3, 0.4) is 0 Å². The number of carbonyl (C=O) groups excluding carboxylic acids is 1. The molecule has 5 N–H and O–H groups in total. The molecule has 1 heterocycles. The van der Waals surface area contributed by atoms with E-state index in [9.17, 15) is 19.8 Å². The molecule has 0 aliphatic heterocycles. The van der Waals surface area contributed by atoms with Crippen molar-refractivity contribution in [3.8, 4) is 11.1 Å². The Hall–Kier alpha value is -3.20. The van der Waals surface area contributed by atoms with Crippen molar-refractivity contribution in [1.29, 1.82) is 0 Å². The molecule has 9 heteroatoms. The van der Waals surface area contributed by atoms with Gasteiger partial charge in [0.05, 0.1) is 11.8 Å². The Balaban J connectivity index is 1.74. The summed E-state index contributed by atoms with van der Waals surface area (Å²) in [5, 5.41) is 38.3. The SMILES string of the molecule is CC(O)c1cc(C(=O)NC(Cc2ccc(-c3cccc(Cl)c3)cc2)CC(O)C(=O)O)n[nH]1. The number of benzene rings is 2. The maximum Gasteiger partial charge on any atom is 0.332 e. The Kier molecular flexibility index (Phi) is 7.63. The number of H-pyrrole nitrogens is 1. The number of rotatable bonds is 9. The first-order chi connectivity index (χ1) is 15.2. The van der Waals surface area contributed by atoms with E-state index in [2.05, 4.69) is 15.5 Å². The van der Waals surface area contributed by atoms with Gasteiger partial charge in [-0.25, -0.2) is 4.79 Å². The zero-order valence-electron chi connectivity index (χ0n) is 17.3. The maximum atomic E-state index is 12.6. The topological polar surface area (TPSA) is 136 Å². The van der Waals surface area contributed by atoms with Crippen LogP contribution in [0, 0.1) is 0 Å². The van der Waals surface area contributed by atoms with Crippen LogP contribution >= 0.6 is 11.6 Å². The second kappa shape index (κ2) is 10.4. The fraction of sp³-hybridized carbons (Fsp3) is 0.261. The Morgan fingerprint density at radius 3 is 2.41 bits per heavy atom. The van der Waals surface area contributed by atoms with E-state index in [1.165, 1.54) is 13.0 Å². The van der Waals surface area contributed by atoms with Crippen molar-refractivity contribution in [3.63, 3.8) is 0 Å². The Morgan fingerprint density at radius 2 is 1.81 bits per heavy atom. The van der Waals surface area contributed by atoms with E-state index >= 15 is 0 Å². The van der Waals surface area contributed by atoms with Crippen molar-refractivity contribution >= 4 is 23.5 Å². The van der Waals surface area contributed by atoms with E-state index in [1.807, 2.05) is 42.5 Å². The Morgan fingerprint density at radius 1 is 1.09 bits per heavy atom. The number of hydrogen-bond acceptors (Lipinski definition) is 5. The molecule has 3 aromatic rings. The normalized spacial score (nSPS) is 13.9. The van der Waals surface area contributed by atoms with E-state index in [0.717, 1.165) is 16.7 Å². The molecule has 2 aromatic carbocycles. The van der Waals surface area contributed by atoms with Crippen LogP contribution in [0.1, 0.15) is 41.2 Å². The number of carbonyl (C=O) groups is 2. The first kappa shape index (κ1) is 23.5. The average molecular weight is 458 g/mol. The summed E-state index contributed by atoms with van der Waals surface area (Å²) < 4.78 is 0. The highest BCUT2D eigenvalue weighted by atomic mass is 35.5. The minimum absolute atomic E-state index is 0.0621. The molecular weight excluding hydrogens is 434 g/mol. The highest BCUT2D eigenvalue weighted by Gasteiger charge is 2.23. The highest BCUT2D eigenvalue weighted by molar-refractivity contribution is 6.30. The summed E-state index contributed by atoms with van der Waals surface area (Å²) in [5.41, 5.74) is 3.22. The Bertz CT molecular complexity index is 1080. The van der Waals surface area contributed by atoms with Crippen LogP contribution in [-0.2, 0) is 11.2 Å². The standard InChI is InChI=1S/C23H24ClN3O5/c1-13(28)19-12-20(27-26-19)22(30)25-18(11-21(29)23(31)32)9-14-5-7-15(8-6-14)16-3-2-4-17(24)10-16/h2-8,10,12-13,18,21,28-29H,9,11H2,1H3,(H,25,30)(H,26,27)(H,31,32). The molecular formula is C23H24ClN3O5. The Labute approximate surface area is 189 Å². The van der Waals surface area contributed by atoms with Crippen LogP contribution in [0.15, 0.2) is 54.6 Å². The number of aliphatic carboxylic acids is 1. The van der Waals surface area contributed by atoms with Gasteiger partial charge in [-0.1, -0.05) is 48.0 Å². The minimum atomic E-state index is -1.63. The number of carboxylic acids is 1. The maximum absolute atomic E-state index is 12.6. The van der Waals surface area contributed by atoms with Gasteiger partial charge in [-0.15, -0.1) is 0 Å². The van der Waals surface area contributed by atoms with Crippen LogP contribution in [0.4, 0.5) is 0 Å². The molecule has 3 rings (SSSR count). The van der Waals surface area contributed by atoms with Gasteiger partial charge in [0, 0.05) is 17.5 Å². The van der Waals surface area contributed by atoms with Gasteiger partial charge in [0.1, 0.15) is 5.69 Å². The lowest BCUT2D eigenvalue weighted by atomic mass is 9.97. The average Bonchev–Trinajstić information content (AvgIpc) is 3.25. The van der Waals surface area contributed by atoms with E-state index in [4.69, 9.17) is 16.7 Å². The molecule has 3 atom stereocenters. The lowest BCUT2D eigenvalue weighted by Crippen LogP contribution is -2.40. The number of aromatic amines is 1. The fourth-order valence-corrected chi connectivity index (χ4v) is 3.47. The van der Waals surface area contributed by atoms with Gasteiger partial charge < -0.3 is 20.6 Å². The number of nitrogens with one attached hydrogen (secondary N) is 2. The molecule has 1 aromatic heterocycles. The molecule has 0 aliphatic carbocycles. The molecule has 0 radical (unpaired) electrons. The first-order valence-electron chi connectivity index (χ1n) is 10.0. The molecule has 0 spiro atoms. The molecule has 8 nitrogen and oxygen atoms in total. The number of aliphatic hydroxyl groups is 2. The molecule has 168 valence electrons. The van der Waals surface area contributed by atoms with Crippen molar-refractivity contribution in [2.75, 3.05) is 0 Å². The van der Waals surface area contributed by atoms with Gasteiger partial charge in [-0.3, -0.25) is 9.89 Å². The minimum Gasteiger partial charge on any atom is -0.479 e. The van der Waals surface area contributed by atoms with E-state index in [0.29, 0.717) is 17.1 Å². The van der Waals surface area contributed by atoms with Gasteiger partial charge in [0.25, 0.3) is 5.91 Å². The number of nitrogens with zero attached hydrogens (tertiary/aromatic N) is 1. The van der Waals surface area contributed by atoms with Gasteiger partial charge in [-0.05, 0) is 48.2 Å². The highest BCUT2D eigenvalue weighted by Crippen LogP contribution is 2.23. The smallest absolute Gasteiger partial charge is 0.332 e. The summed E-state index contributed by atoms with van der Waals surface area (Å²) in [7, 11) is 0. The summed E-state index contributed by atoms with van der Waals surface area (Å²) >= 11 is 6.05. The third-order valence-electron chi connectivity index (χ3n) is 5.00. The predicted octanol–water partition coefficient (Wildman–Crippen LogP) is 2.96. The van der Waals surface area contributed by atoms with Crippen molar-refractivity contribution in [2.45, 2.75) is 38.0 Å². The summed E-state index contributed by atoms with van der Waals surface area (Å²) in [6.45, 7) is 1.54. The monoisotopic (exact) mass is 457 g/mol. The summed E-state index contributed by atoms with van der Waals surface area (Å²) in [6.07, 6.45) is -2.31. The molecule has 0 fully saturated rings. The fourth-order valence-electron chi connectivity index (χ4n) is 3.28. The number of amides is 1. The van der Waals surface area contributed by atoms with Gasteiger partial charge in [-0.2, -0.15) is 5.10 Å². The van der Waals surface area contributed by atoms with Crippen LogP contribution in [0.25, 0.3) is 11.1 Å². The van der Waals surface area contributed by atoms with Gasteiger partial charge in [0.2, 0.25) is 0 Å². The lowest BCUT2D eigenvalue weighted by Gasteiger charge is -2.20. The second-order valence-corrected chi connectivity index (χ2v) is 7.99. The molecule has 0 aliphatic rings. The zero-order chi connectivity index (χ0) is 23.3. The molecule has 0 saturated heterocycles. The van der Waals surface area contributed by atoms with E-state index < -0.39 is 30.1 Å². The van der Waals surface area contributed by atoms with Crippen molar-refractivity contribution in [1.82, 2.24) is 15.5 Å². The number of hydrogen-bond donors (Lipinski definition) is 5. The molecule has 3 unspecified atom stereocenters. The van der Waals surface area contributed by atoms with Crippen molar-refractivity contribution < 1.29 is 24.9 Å². The van der Waals surface area contributed by atoms with E-state index in [1.54, 1.807) is 6.07 Å². The number of carboxylic acid groups (broad SMARTS) is 1. The molecule has 32 heavy (non-hydrogen) atoms. The molecule has 0 saturated carbocycles. The summed E-state index contributed by atoms with van der Waals surface area (Å²) in [5.74, 6) is -1.90. The molecule has 1 amide bonds. The van der Waals surface area contributed by atoms with Crippen LogP contribution in [0.2, 0.25) is 5.02 Å². The van der Waals surface area contributed by atoms with Crippen molar-refractivity contribution in [2.24, 2.45) is 0 Å². The molecule has 0 bridgehead atoms. The first-order valence-corrected chi connectivity index (χ1v) is 10.4. The zero-order valence-corrected chi connectivity index (χ0v) is 18.1. The largest absolute Gasteiger partial charge is 0.479 e.